The van der Waals surface area contributed by atoms with Crippen LogP contribution in [-0.2, 0) is 6.42 Å². The molecule has 17 heavy (non-hydrogen) atoms. The van der Waals surface area contributed by atoms with Crippen molar-refractivity contribution in [3.8, 4) is 0 Å². The number of amides is 2. The van der Waals surface area contributed by atoms with E-state index in [1.807, 2.05) is 6.92 Å². The van der Waals surface area contributed by atoms with Crippen LogP contribution in [0, 0.1) is 6.92 Å². The normalized spacial score (nSPS) is 11.1. The average Bonchev–Trinajstić information content (AvgIpc) is 2.18. The highest BCUT2D eigenvalue weighted by Gasteiger charge is 2.30. The Kier molecular flexibility index (Phi) is 3.98. The Bertz CT molecular complexity index is 416. The number of benzene rings is 1. The lowest BCUT2D eigenvalue weighted by Gasteiger charge is -2.14. The zero-order chi connectivity index (χ0) is 13.1. The fourth-order valence-corrected chi connectivity index (χ4v) is 1.48. The smallest absolute Gasteiger partial charge is 0.307 e. The minimum atomic E-state index is -4.72. The van der Waals surface area contributed by atoms with Crippen LogP contribution >= 0.6 is 0 Å². The van der Waals surface area contributed by atoms with Crippen molar-refractivity contribution >= 4 is 11.7 Å². The van der Waals surface area contributed by atoms with E-state index in [1.165, 1.54) is 0 Å². The van der Waals surface area contributed by atoms with Gasteiger partial charge in [0.1, 0.15) is 0 Å². The number of para-hydroxylation sites is 1. The lowest BCUT2D eigenvalue weighted by atomic mass is 10.1. The maximum Gasteiger partial charge on any atom is 0.485 e. The molecular formula is C11H13F3N2O. The van der Waals surface area contributed by atoms with Crippen LogP contribution in [-0.4, -0.2) is 12.3 Å². The lowest BCUT2D eigenvalue weighted by Crippen LogP contribution is -2.40. The predicted molar refractivity (Wildman–Crippen MR) is 58.8 cm³/mol. The van der Waals surface area contributed by atoms with Crippen molar-refractivity contribution in [3.63, 3.8) is 0 Å². The number of carbonyl (C=O) groups is 1. The summed E-state index contributed by atoms with van der Waals surface area (Å²) in [6.45, 7) is 3.59. The molecule has 0 radical (unpaired) electrons. The molecule has 0 aliphatic heterocycles. The Labute approximate surface area is 97.0 Å². The molecule has 0 aromatic heterocycles. The van der Waals surface area contributed by atoms with Crippen molar-refractivity contribution < 1.29 is 18.0 Å². The van der Waals surface area contributed by atoms with Crippen LogP contribution < -0.4 is 10.6 Å². The number of rotatable bonds is 2. The van der Waals surface area contributed by atoms with Gasteiger partial charge in [0, 0.05) is 5.69 Å². The number of aryl methyl sites for hydroxylation is 2. The Morgan fingerprint density at radius 1 is 1.35 bits per heavy atom. The predicted octanol–water partition coefficient (Wildman–Crippen LogP) is 3.20. The summed E-state index contributed by atoms with van der Waals surface area (Å²) in [7, 11) is 0. The van der Waals surface area contributed by atoms with Gasteiger partial charge >= 0.3 is 12.3 Å². The number of nitrogens with one attached hydrogen (secondary N) is 2. The highest BCUT2D eigenvalue weighted by molar-refractivity contribution is 5.91. The number of hydrogen-bond acceptors (Lipinski definition) is 1. The molecule has 1 aromatic rings. The quantitative estimate of drug-likeness (QED) is 0.773. The van der Waals surface area contributed by atoms with Crippen molar-refractivity contribution in [1.82, 2.24) is 5.32 Å². The number of alkyl halides is 3. The molecule has 0 heterocycles. The number of urea groups is 1. The van der Waals surface area contributed by atoms with Crippen LogP contribution in [0.2, 0.25) is 0 Å². The zero-order valence-corrected chi connectivity index (χ0v) is 9.48. The number of carbonyl (C=O) groups excluding carboxylic acids is 1. The summed E-state index contributed by atoms with van der Waals surface area (Å²) in [4.78, 5) is 11.1. The first-order valence-corrected chi connectivity index (χ1v) is 5.08. The fourth-order valence-electron chi connectivity index (χ4n) is 1.48. The Balaban J connectivity index is 2.84. The standard InChI is InChI=1S/C11H13F3N2O/c1-3-8-6-4-5-7(2)9(8)15-10(17)16-11(12,13)14/h4-6H,3H2,1-2H3,(H2,15,16,17). The minimum Gasteiger partial charge on any atom is -0.307 e. The lowest BCUT2D eigenvalue weighted by molar-refractivity contribution is -0.144. The van der Waals surface area contributed by atoms with E-state index >= 15 is 0 Å². The molecule has 0 saturated carbocycles. The van der Waals surface area contributed by atoms with Gasteiger partial charge in [0.25, 0.3) is 0 Å². The van der Waals surface area contributed by atoms with E-state index in [4.69, 9.17) is 0 Å². The van der Waals surface area contributed by atoms with Gasteiger partial charge < -0.3 is 5.32 Å². The van der Waals surface area contributed by atoms with Gasteiger partial charge in [-0.25, -0.2) is 10.1 Å². The first-order valence-electron chi connectivity index (χ1n) is 5.08. The maximum absolute atomic E-state index is 11.9. The van der Waals surface area contributed by atoms with Crippen LogP contribution in [0.5, 0.6) is 0 Å². The molecule has 6 heteroatoms. The largest absolute Gasteiger partial charge is 0.485 e. The van der Waals surface area contributed by atoms with Crippen LogP contribution in [0.3, 0.4) is 0 Å². The van der Waals surface area contributed by atoms with Crippen LogP contribution in [0.25, 0.3) is 0 Å². The van der Waals surface area contributed by atoms with Crippen molar-refractivity contribution in [2.45, 2.75) is 26.6 Å². The molecule has 0 aliphatic carbocycles. The summed E-state index contributed by atoms with van der Waals surface area (Å²) in [5, 5.41) is 3.11. The van der Waals surface area contributed by atoms with Crippen molar-refractivity contribution in [3.05, 3.63) is 29.3 Å². The van der Waals surface area contributed by atoms with Gasteiger partial charge in [-0.3, -0.25) is 0 Å². The molecule has 94 valence electrons. The van der Waals surface area contributed by atoms with Crippen LogP contribution in [0.4, 0.5) is 23.7 Å². The Morgan fingerprint density at radius 3 is 2.53 bits per heavy atom. The van der Waals surface area contributed by atoms with Crippen molar-refractivity contribution in [1.29, 1.82) is 0 Å². The number of anilines is 1. The molecule has 2 N–H and O–H groups in total. The summed E-state index contributed by atoms with van der Waals surface area (Å²) in [5.41, 5.74) is 1.95. The molecule has 1 rings (SSSR count). The molecular weight excluding hydrogens is 233 g/mol. The van der Waals surface area contributed by atoms with Crippen LogP contribution in [0.15, 0.2) is 18.2 Å². The van der Waals surface area contributed by atoms with Gasteiger partial charge in [0.2, 0.25) is 0 Å². The summed E-state index contributed by atoms with van der Waals surface area (Å²) < 4.78 is 35.8. The van der Waals surface area contributed by atoms with Gasteiger partial charge in [-0.05, 0) is 24.5 Å². The first kappa shape index (κ1) is 13.3. The maximum atomic E-state index is 11.9. The van der Waals surface area contributed by atoms with E-state index in [0.717, 1.165) is 16.4 Å². The van der Waals surface area contributed by atoms with Gasteiger partial charge in [0.15, 0.2) is 0 Å². The van der Waals surface area contributed by atoms with E-state index in [2.05, 4.69) is 5.32 Å². The molecule has 0 unspecified atom stereocenters. The fraction of sp³-hybridized carbons (Fsp3) is 0.364. The van der Waals surface area contributed by atoms with Gasteiger partial charge in [0.05, 0.1) is 0 Å². The van der Waals surface area contributed by atoms with E-state index < -0.39 is 12.3 Å². The number of halogens is 3. The van der Waals surface area contributed by atoms with E-state index in [-0.39, 0.29) is 0 Å². The van der Waals surface area contributed by atoms with Crippen LogP contribution in [0.1, 0.15) is 18.1 Å². The van der Waals surface area contributed by atoms with E-state index in [9.17, 15) is 18.0 Å². The number of hydrogen-bond donors (Lipinski definition) is 2. The Hall–Kier alpha value is -1.72. The third kappa shape index (κ3) is 3.97. The molecule has 0 saturated heterocycles. The second-order valence-corrected chi connectivity index (χ2v) is 3.54. The molecule has 0 bridgehead atoms. The monoisotopic (exact) mass is 246 g/mol. The molecule has 1 aromatic carbocycles. The van der Waals surface area contributed by atoms with E-state index in [1.54, 1.807) is 25.1 Å². The molecule has 0 aliphatic rings. The molecule has 3 nitrogen and oxygen atoms in total. The summed E-state index contributed by atoms with van der Waals surface area (Å²) in [6, 6.07) is 4.00. The third-order valence-electron chi connectivity index (χ3n) is 2.23. The molecule has 0 fully saturated rings. The molecule has 0 spiro atoms. The second-order valence-electron chi connectivity index (χ2n) is 3.54. The highest BCUT2D eigenvalue weighted by atomic mass is 19.4. The summed E-state index contributed by atoms with van der Waals surface area (Å²) in [6.07, 6.45) is -4.09. The van der Waals surface area contributed by atoms with Gasteiger partial charge in [-0.1, -0.05) is 25.1 Å². The molecule has 0 atom stereocenters. The second kappa shape index (κ2) is 5.07. The SMILES string of the molecule is CCc1cccc(C)c1NC(=O)NC(F)(F)F. The van der Waals surface area contributed by atoms with Gasteiger partial charge in [-0.2, -0.15) is 13.2 Å². The summed E-state index contributed by atoms with van der Waals surface area (Å²) in [5.74, 6) is 0. The first-order chi connectivity index (χ1) is 7.83. The molecule has 2 amide bonds. The van der Waals surface area contributed by atoms with Crippen molar-refractivity contribution in [2.24, 2.45) is 0 Å². The zero-order valence-electron chi connectivity index (χ0n) is 9.48. The highest BCUT2D eigenvalue weighted by Crippen LogP contribution is 2.21. The van der Waals surface area contributed by atoms with Crippen molar-refractivity contribution in [2.75, 3.05) is 5.32 Å². The average molecular weight is 246 g/mol. The van der Waals surface area contributed by atoms with Gasteiger partial charge in [-0.15, -0.1) is 0 Å². The summed E-state index contributed by atoms with van der Waals surface area (Å²) >= 11 is 0. The third-order valence-corrected chi connectivity index (χ3v) is 2.23. The Morgan fingerprint density at radius 2 is 2.00 bits per heavy atom. The van der Waals surface area contributed by atoms with E-state index in [0.29, 0.717) is 12.1 Å². The topological polar surface area (TPSA) is 41.1 Å². The minimum absolute atomic E-state index is 0.428.